The van der Waals surface area contributed by atoms with Crippen molar-refractivity contribution in [1.29, 1.82) is 0 Å². The van der Waals surface area contributed by atoms with Gasteiger partial charge in [0.2, 0.25) is 11.8 Å². The van der Waals surface area contributed by atoms with Crippen LogP contribution in [0.25, 0.3) is 0 Å². The van der Waals surface area contributed by atoms with Gasteiger partial charge in [0.15, 0.2) is 0 Å². The standard InChI is InChI=1S/C49H54N4O9/c1-31(2)39(45(56)60-3)50-48(59)52-37-25-14-13-24-36(37)49(47(52)58)38(44(55)51-26-15-5-4-6-16-27-51)41-46(57)62-42(33-20-11-8-12-21-33)40(32-18-9-7-10-19-32)53(41)43(49)34-22-17-23-35(30-34)61-29-28-54/h7-14,17-25,30-31,38-43,54H,4-6,15-16,26-29H2,1-3H3,(H,50,59)/t38-,39-,40-,41-,42+,43+,49-/m0/s1. The van der Waals surface area contributed by atoms with Crippen LogP contribution in [0.3, 0.4) is 0 Å². The largest absolute Gasteiger partial charge is 0.491 e. The highest BCUT2D eigenvalue weighted by atomic mass is 16.6. The lowest BCUT2D eigenvalue weighted by molar-refractivity contribution is -0.179. The minimum Gasteiger partial charge on any atom is -0.491 e. The Bertz CT molecular complexity index is 2280. The summed E-state index contributed by atoms with van der Waals surface area (Å²) in [6.07, 6.45) is 3.55. The molecule has 0 unspecified atom stereocenters. The number of esters is 2. The molecule has 4 heterocycles. The summed E-state index contributed by atoms with van der Waals surface area (Å²) in [5.41, 5.74) is 0.773. The van der Waals surface area contributed by atoms with E-state index in [-0.39, 0.29) is 24.8 Å². The minimum atomic E-state index is -1.91. The maximum atomic E-state index is 16.4. The first-order valence-corrected chi connectivity index (χ1v) is 21.7. The Balaban J connectivity index is 1.43. The summed E-state index contributed by atoms with van der Waals surface area (Å²) < 4.78 is 17.6. The predicted octanol–water partition coefficient (Wildman–Crippen LogP) is 6.42. The number of cyclic esters (lactones) is 1. The number of carbonyl (C=O) groups is 5. The van der Waals surface area contributed by atoms with Crippen molar-refractivity contribution in [1.82, 2.24) is 15.1 Å². The summed E-state index contributed by atoms with van der Waals surface area (Å²) >= 11 is 0. The molecule has 4 amide bonds. The fraction of sp³-hybridized carbons (Fsp3) is 0.408. The number of morpholine rings is 1. The lowest BCUT2D eigenvalue weighted by Gasteiger charge is -2.46. The van der Waals surface area contributed by atoms with E-state index in [2.05, 4.69) is 5.32 Å². The third kappa shape index (κ3) is 7.40. The number of aliphatic hydroxyl groups is 1. The lowest BCUT2D eigenvalue weighted by Crippen LogP contribution is -2.58. The molecule has 4 aliphatic rings. The number of methoxy groups -OCH3 is 1. The molecule has 0 bridgehead atoms. The third-order valence-corrected chi connectivity index (χ3v) is 12.9. The fourth-order valence-electron chi connectivity index (χ4n) is 10.3. The van der Waals surface area contributed by atoms with Crippen molar-refractivity contribution in [3.63, 3.8) is 0 Å². The van der Waals surface area contributed by atoms with E-state index in [1.807, 2.05) is 71.6 Å². The first-order chi connectivity index (χ1) is 30.1. The van der Waals surface area contributed by atoms with E-state index in [9.17, 15) is 14.7 Å². The summed E-state index contributed by atoms with van der Waals surface area (Å²) in [6, 6.07) is 28.1. The van der Waals surface area contributed by atoms with E-state index < -0.39 is 71.4 Å². The van der Waals surface area contributed by atoms with Crippen LogP contribution in [0.15, 0.2) is 109 Å². The normalized spacial score (nSPS) is 25.3. The zero-order valence-corrected chi connectivity index (χ0v) is 35.4. The maximum Gasteiger partial charge on any atom is 0.329 e. The molecule has 1 spiro atoms. The molecular formula is C49H54N4O9. The zero-order chi connectivity index (χ0) is 43.5. The number of likely N-dealkylation sites (tertiary alicyclic amines) is 1. The Kier molecular flexibility index (Phi) is 12.5. The topological polar surface area (TPSA) is 155 Å². The number of fused-ring (bicyclic) bond motifs is 3. The van der Waals surface area contributed by atoms with Gasteiger partial charge in [-0.1, -0.05) is 124 Å². The van der Waals surface area contributed by atoms with Gasteiger partial charge < -0.3 is 29.5 Å². The van der Waals surface area contributed by atoms with E-state index in [0.717, 1.165) is 48.1 Å². The number of carbonyl (C=O) groups excluding carboxylic acids is 5. The second kappa shape index (κ2) is 18.1. The van der Waals surface area contributed by atoms with Crippen LogP contribution in [0.1, 0.15) is 86.4 Å². The van der Waals surface area contributed by atoms with Crippen molar-refractivity contribution in [3.8, 4) is 5.75 Å². The number of nitrogens with zero attached hydrogens (tertiary/aromatic N) is 3. The van der Waals surface area contributed by atoms with E-state index >= 15 is 14.4 Å². The van der Waals surface area contributed by atoms with Crippen molar-refractivity contribution in [2.45, 2.75) is 81.6 Å². The molecule has 13 nitrogen and oxygen atoms in total. The Hall–Kier alpha value is -6.05. The Morgan fingerprint density at radius 2 is 1.44 bits per heavy atom. The van der Waals surface area contributed by atoms with Gasteiger partial charge in [-0.2, -0.15) is 0 Å². The minimum absolute atomic E-state index is 0.00362. The number of hydrogen-bond acceptors (Lipinski definition) is 10. The van der Waals surface area contributed by atoms with Crippen LogP contribution in [-0.2, 0) is 34.1 Å². The van der Waals surface area contributed by atoms with E-state index in [0.29, 0.717) is 30.0 Å². The lowest BCUT2D eigenvalue weighted by atomic mass is 9.65. The molecule has 3 saturated heterocycles. The summed E-state index contributed by atoms with van der Waals surface area (Å²) in [6.45, 7) is 4.16. The molecule has 4 aromatic carbocycles. The summed E-state index contributed by atoms with van der Waals surface area (Å²) in [5.74, 6) is -3.81. The molecular weight excluding hydrogens is 789 g/mol. The van der Waals surface area contributed by atoms with Crippen LogP contribution in [0.4, 0.5) is 10.5 Å². The number of para-hydroxylation sites is 1. The summed E-state index contributed by atoms with van der Waals surface area (Å²) in [7, 11) is 1.23. The molecule has 0 saturated carbocycles. The average Bonchev–Trinajstić information content (AvgIpc) is 3.74. The molecule has 0 aliphatic carbocycles. The molecule has 4 aromatic rings. The van der Waals surface area contributed by atoms with Crippen LogP contribution in [-0.4, -0.2) is 90.2 Å². The molecule has 0 radical (unpaired) electrons. The number of imide groups is 1. The molecule has 0 aromatic heterocycles. The van der Waals surface area contributed by atoms with Gasteiger partial charge in [0.05, 0.1) is 37.4 Å². The fourth-order valence-corrected chi connectivity index (χ4v) is 10.3. The molecule has 2 N–H and O–H groups in total. The van der Waals surface area contributed by atoms with Crippen LogP contribution in [0.2, 0.25) is 0 Å². The van der Waals surface area contributed by atoms with Crippen LogP contribution < -0.4 is 15.0 Å². The van der Waals surface area contributed by atoms with Gasteiger partial charge in [0, 0.05) is 13.1 Å². The number of benzene rings is 4. The molecule has 324 valence electrons. The number of nitrogens with one attached hydrogen (secondary N) is 1. The number of aliphatic hydroxyl groups excluding tert-OH is 1. The monoisotopic (exact) mass is 842 g/mol. The first-order valence-electron chi connectivity index (χ1n) is 21.7. The van der Waals surface area contributed by atoms with Crippen molar-refractivity contribution in [2.75, 3.05) is 38.3 Å². The molecule has 4 aliphatic heterocycles. The quantitative estimate of drug-likeness (QED) is 0.171. The van der Waals surface area contributed by atoms with Crippen LogP contribution in [0.5, 0.6) is 5.75 Å². The predicted molar refractivity (Wildman–Crippen MR) is 230 cm³/mol. The number of anilines is 1. The van der Waals surface area contributed by atoms with Gasteiger partial charge in [0.1, 0.15) is 36.0 Å². The highest BCUT2D eigenvalue weighted by Gasteiger charge is 2.76. The third-order valence-electron chi connectivity index (χ3n) is 12.9. The van der Waals surface area contributed by atoms with E-state index in [4.69, 9.17) is 14.2 Å². The molecule has 3 fully saturated rings. The highest BCUT2D eigenvalue weighted by molar-refractivity contribution is 6.25. The Morgan fingerprint density at radius 1 is 0.806 bits per heavy atom. The smallest absolute Gasteiger partial charge is 0.329 e. The van der Waals surface area contributed by atoms with E-state index in [1.54, 1.807) is 61.2 Å². The summed E-state index contributed by atoms with van der Waals surface area (Å²) in [4.78, 5) is 80.3. The second-order valence-electron chi connectivity index (χ2n) is 16.9. The number of rotatable bonds is 10. The first kappa shape index (κ1) is 42.6. The highest BCUT2D eigenvalue weighted by Crippen LogP contribution is 2.66. The zero-order valence-electron chi connectivity index (χ0n) is 35.4. The number of ether oxygens (including phenoxy) is 3. The van der Waals surface area contributed by atoms with Crippen LogP contribution in [0, 0.1) is 11.8 Å². The van der Waals surface area contributed by atoms with Gasteiger partial charge in [-0.3, -0.25) is 19.3 Å². The molecule has 62 heavy (non-hydrogen) atoms. The van der Waals surface area contributed by atoms with E-state index in [1.165, 1.54) is 7.11 Å². The molecule has 13 heteroatoms. The van der Waals surface area contributed by atoms with Crippen molar-refractivity contribution < 1.29 is 43.3 Å². The van der Waals surface area contributed by atoms with Crippen molar-refractivity contribution in [3.05, 3.63) is 131 Å². The van der Waals surface area contributed by atoms with Crippen molar-refractivity contribution in [2.24, 2.45) is 11.8 Å². The van der Waals surface area contributed by atoms with Gasteiger partial charge in [-0.05, 0) is 59.2 Å². The van der Waals surface area contributed by atoms with Gasteiger partial charge in [-0.25, -0.2) is 14.5 Å². The van der Waals surface area contributed by atoms with Gasteiger partial charge >= 0.3 is 18.0 Å². The second-order valence-corrected chi connectivity index (χ2v) is 16.9. The van der Waals surface area contributed by atoms with Crippen LogP contribution >= 0.6 is 0 Å². The maximum absolute atomic E-state index is 16.4. The van der Waals surface area contributed by atoms with Crippen molar-refractivity contribution >= 4 is 35.5 Å². The average molecular weight is 843 g/mol. The number of urea groups is 1. The number of amides is 4. The summed E-state index contributed by atoms with van der Waals surface area (Å²) in [5, 5.41) is 12.5. The Labute approximate surface area is 361 Å². The Morgan fingerprint density at radius 3 is 2.10 bits per heavy atom. The molecule has 8 rings (SSSR count). The van der Waals surface area contributed by atoms with Gasteiger partial charge in [0.25, 0.3) is 0 Å². The van der Waals surface area contributed by atoms with Gasteiger partial charge in [-0.15, -0.1) is 0 Å². The number of hydrogen-bond donors (Lipinski definition) is 2. The SMILES string of the molecule is COC(=O)[C@@H](NC(=O)N1C(=O)[C@@]2(c3ccccc31)[C@H](C(=O)N1CCCCCCC1)[C@H]1C(=O)O[C@H](c3ccccc3)[C@H](c3ccccc3)N1[C@@H]2c1cccc(OCCO)c1)C(C)C. The molecule has 7 atom stereocenters.